The average molecular weight is 554 g/mol. The van der Waals surface area contributed by atoms with Crippen LogP contribution in [0.1, 0.15) is 36.1 Å². The first-order valence-electron chi connectivity index (χ1n) is 11.6. The van der Waals surface area contributed by atoms with Crippen LogP contribution < -0.4 is 20.1 Å². The van der Waals surface area contributed by atoms with Crippen LogP contribution in [-0.2, 0) is 17.8 Å². The van der Waals surface area contributed by atoms with Crippen LogP contribution in [-0.4, -0.2) is 18.0 Å². The third-order valence-electron chi connectivity index (χ3n) is 5.49. The lowest BCUT2D eigenvalue weighted by Gasteiger charge is -2.15. The van der Waals surface area contributed by atoms with Gasteiger partial charge in [0.15, 0.2) is 17.0 Å². The Morgan fingerprint density at radius 2 is 1.86 bits per heavy atom. The van der Waals surface area contributed by atoms with Crippen molar-refractivity contribution in [2.45, 2.75) is 39.3 Å². The van der Waals surface area contributed by atoms with Gasteiger partial charge in [-0.25, -0.2) is 0 Å². The lowest BCUT2D eigenvalue weighted by molar-refractivity contribution is -0.116. The first-order chi connectivity index (χ1) is 16.9. The summed E-state index contributed by atoms with van der Waals surface area (Å²) in [5.41, 5.74) is 5.16. The molecule has 1 atom stereocenters. The molecule has 3 aromatic rings. The van der Waals surface area contributed by atoms with E-state index in [1.807, 2.05) is 49.4 Å². The van der Waals surface area contributed by atoms with E-state index in [0.717, 1.165) is 27.7 Å². The molecule has 7 heteroatoms. The van der Waals surface area contributed by atoms with Gasteiger partial charge in [0.25, 0.3) is 5.91 Å². The predicted molar refractivity (Wildman–Crippen MR) is 148 cm³/mol. The Bertz CT molecular complexity index is 1230. The highest BCUT2D eigenvalue weighted by atomic mass is 79.9. The van der Waals surface area contributed by atoms with Gasteiger partial charge in [-0.1, -0.05) is 60.6 Å². The maximum absolute atomic E-state index is 12.6. The van der Waals surface area contributed by atoms with Crippen molar-refractivity contribution in [3.63, 3.8) is 0 Å². The average Bonchev–Trinajstić information content (AvgIpc) is 3.17. The summed E-state index contributed by atoms with van der Waals surface area (Å²) in [5.74, 6) is 1.18. The molecule has 1 heterocycles. The van der Waals surface area contributed by atoms with Gasteiger partial charge in [-0.2, -0.15) is 0 Å². The van der Waals surface area contributed by atoms with Crippen molar-refractivity contribution in [1.82, 2.24) is 5.32 Å². The normalized spacial score (nSPS) is 16.3. The molecule has 1 saturated heterocycles. The van der Waals surface area contributed by atoms with Crippen molar-refractivity contribution in [2.24, 2.45) is 0 Å². The van der Waals surface area contributed by atoms with Gasteiger partial charge in [0.2, 0.25) is 0 Å². The molecule has 1 aliphatic rings. The minimum atomic E-state index is -0.229. The number of halogens is 1. The van der Waals surface area contributed by atoms with Crippen LogP contribution in [0, 0.1) is 6.92 Å². The van der Waals surface area contributed by atoms with E-state index >= 15 is 0 Å². The smallest absolute Gasteiger partial charge is 0.260 e. The molecule has 0 spiro atoms. The van der Waals surface area contributed by atoms with Crippen LogP contribution in [0.25, 0.3) is 6.08 Å². The van der Waals surface area contributed by atoms with Crippen LogP contribution in [0.3, 0.4) is 0 Å². The highest BCUT2D eigenvalue weighted by Crippen LogP contribution is 2.39. The fourth-order valence-corrected chi connectivity index (χ4v) is 5.30. The minimum absolute atomic E-state index is 0.105. The van der Waals surface area contributed by atoms with Crippen molar-refractivity contribution in [3.05, 3.63) is 92.3 Å². The maximum Gasteiger partial charge on any atom is 0.260 e. The second kappa shape index (κ2) is 11.7. The van der Waals surface area contributed by atoms with E-state index in [1.54, 1.807) is 0 Å². The number of ether oxygens (including phenoxy) is 2. The molecule has 1 amide bonds. The fourth-order valence-electron chi connectivity index (χ4n) is 3.74. The molecule has 0 unspecified atom stereocenters. The quantitative estimate of drug-likeness (QED) is 0.283. The number of benzene rings is 3. The molecule has 3 aromatic carbocycles. The van der Waals surface area contributed by atoms with E-state index in [-0.39, 0.29) is 11.4 Å². The summed E-state index contributed by atoms with van der Waals surface area (Å²) in [6.45, 7) is 7.07. The Hall–Kier alpha value is -2.90. The molecule has 1 aliphatic heterocycles. The maximum atomic E-state index is 12.6. The van der Waals surface area contributed by atoms with E-state index in [9.17, 15) is 4.79 Å². The SMILES string of the molecule is CCOc1cc(/C=C2\S[C@@H](Nc3ccc(CC)cc3)NC2=O)cc(Br)c1OCc1cccc(C)c1. The number of rotatable bonds is 9. The Morgan fingerprint density at radius 1 is 1.06 bits per heavy atom. The molecule has 5 nitrogen and oxygen atoms in total. The molecule has 0 radical (unpaired) electrons. The van der Waals surface area contributed by atoms with Gasteiger partial charge in [0.1, 0.15) is 6.61 Å². The molecule has 0 aliphatic carbocycles. The Balaban J connectivity index is 1.49. The lowest BCUT2D eigenvalue weighted by atomic mass is 10.1. The number of anilines is 1. The molecule has 182 valence electrons. The minimum Gasteiger partial charge on any atom is -0.490 e. The van der Waals surface area contributed by atoms with Gasteiger partial charge < -0.3 is 20.1 Å². The fraction of sp³-hybridized carbons (Fsp3) is 0.250. The van der Waals surface area contributed by atoms with Crippen molar-refractivity contribution in [3.8, 4) is 11.5 Å². The first-order valence-corrected chi connectivity index (χ1v) is 13.3. The topological polar surface area (TPSA) is 59.6 Å². The summed E-state index contributed by atoms with van der Waals surface area (Å²) in [6.07, 6.45) is 2.87. The third kappa shape index (κ3) is 6.61. The number of hydrogen-bond donors (Lipinski definition) is 2. The number of aryl methyl sites for hydroxylation is 2. The summed E-state index contributed by atoms with van der Waals surface area (Å²) in [6, 6.07) is 20.3. The largest absolute Gasteiger partial charge is 0.490 e. The highest BCUT2D eigenvalue weighted by molar-refractivity contribution is 9.10. The Kier molecular flexibility index (Phi) is 8.42. The lowest BCUT2D eigenvalue weighted by Crippen LogP contribution is -2.30. The summed E-state index contributed by atoms with van der Waals surface area (Å²) >= 11 is 5.09. The summed E-state index contributed by atoms with van der Waals surface area (Å²) in [5, 5.41) is 6.35. The van der Waals surface area contributed by atoms with Crippen LogP contribution in [0.4, 0.5) is 5.69 Å². The van der Waals surface area contributed by atoms with Gasteiger partial charge in [-0.15, -0.1) is 0 Å². The highest BCUT2D eigenvalue weighted by Gasteiger charge is 2.27. The number of nitrogens with one attached hydrogen (secondary N) is 2. The van der Waals surface area contributed by atoms with Crippen LogP contribution in [0.5, 0.6) is 11.5 Å². The molecule has 4 rings (SSSR count). The molecule has 0 aromatic heterocycles. The molecule has 2 N–H and O–H groups in total. The van der Waals surface area contributed by atoms with Gasteiger partial charge in [-0.05, 0) is 83.2 Å². The van der Waals surface area contributed by atoms with E-state index < -0.39 is 0 Å². The second-order valence-electron chi connectivity index (χ2n) is 8.22. The molecular weight excluding hydrogens is 524 g/mol. The summed E-state index contributed by atoms with van der Waals surface area (Å²) in [4.78, 5) is 13.3. The molecular formula is C28H29BrN2O3S. The Labute approximate surface area is 219 Å². The van der Waals surface area contributed by atoms with Gasteiger partial charge in [-0.3, -0.25) is 4.79 Å². The van der Waals surface area contributed by atoms with E-state index in [2.05, 4.69) is 64.7 Å². The van der Waals surface area contributed by atoms with E-state index in [0.29, 0.717) is 29.6 Å². The molecule has 0 saturated carbocycles. The van der Waals surface area contributed by atoms with Crippen LogP contribution in [0.2, 0.25) is 0 Å². The monoisotopic (exact) mass is 552 g/mol. The summed E-state index contributed by atoms with van der Waals surface area (Å²) in [7, 11) is 0. The van der Waals surface area contributed by atoms with E-state index in [1.165, 1.54) is 22.9 Å². The number of thioether (sulfide) groups is 1. The zero-order valence-corrected chi connectivity index (χ0v) is 22.5. The van der Waals surface area contributed by atoms with E-state index in [4.69, 9.17) is 9.47 Å². The molecule has 0 bridgehead atoms. The van der Waals surface area contributed by atoms with Crippen molar-refractivity contribution >= 4 is 45.4 Å². The molecule has 35 heavy (non-hydrogen) atoms. The number of carbonyl (C=O) groups is 1. The second-order valence-corrected chi connectivity index (χ2v) is 10.2. The number of hydrogen-bond acceptors (Lipinski definition) is 5. The van der Waals surface area contributed by atoms with Gasteiger partial charge >= 0.3 is 0 Å². The zero-order chi connectivity index (χ0) is 24.8. The first kappa shape index (κ1) is 25.2. The Morgan fingerprint density at radius 3 is 2.57 bits per heavy atom. The summed E-state index contributed by atoms with van der Waals surface area (Å²) < 4.78 is 12.8. The zero-order valence-electron chi connectivity index (χ0n) is 20.1. The van der Waals surface area contributed by atoms with Gasteiger partial charge in [0.05, 0.1) is 16.0 Å². The predicted octanol–water partition coefficient (Wildman–Crippen LogP) is 6.90. The third-order valence-corrected chi connectivity index (χ3v) is 7.10. The van der Waals surface area contributed by atoms with Crippen molar-refractivity contribution in [1.29, 1.82) is 0 Å². The number of carbonyl (C=O) groups excluding carboxylic acids is 1. The standard InChI is InChI=1S/C28H29BrN2O3S/c1-4-19-9-11-22(12-10-19)30-28-31-27(32)25(35-28)16-21-14-23(29)26(24(15-21)33-5-2)34-17-20-8-6-7-18(3)13-20/h6-16,28,30H,4-5,17H2,1-3H3,(H,31,32)/b25-16-/t28-/m0/s1. The van der Waals surface area contributed by atoms with Crippen molar-refractivity contribution < 1.29 is 14.3 Å². The number of amides is 1. The molecule has 1 fully saturated rings. The van der Waals surface area contributed by atoms with Crippen LogP contribution >= 0.6 is 27.7 Å². The van der Waals surface area contributed by atoms with Gasteiger partial charge in [0, 0.05) is 5.69 Å². The van der Waals surface area contributed by atoms with Crippen molar-refractivity contribution in [2.75, 3.05) is 11.9 Å². The van der Waals surface area contributed by atoms with Crippen LogP contribution in [0.15, 0.2) is 70.0 Å².